The zero-order valence-corrected chi connectivity index (χ0v) is 14.1. The Balaban J connectivity index is 4.24. The molecule has 0 aromatic carbocycles. The Labute approximate surface area is 126 Å². The van der Waals surface area contributed by atoms with Crippen molar-refractivity contribution < 1.29 is 28.3 Å². The number of carbonyl (C=O) groups is 3. The van der Waals surface area contributed by atoms with Gasteiger partial charge in [-0.2, -0.15) is 0 Å². The number of ether oxygens (including phenoxy) is 2. The first-order valence-corrected chi connectivity index (χ1v) is 9.69. The molecular formula is C14H24O6Si. The van der Waals surface area contributed by atoms with E-state index < -0.39 is 32.8 Å². The van der Waals surface area contributed by atoms with Crippen LogP contribution in [0.25, 0.3) is 0 Å². The molecule has 0 heterocycles. The lowest BCUT2D eigenvalue weighted by molar-refractivity contribution is -0.150. The Morgan fingerprint density at radius 3 is 1.76 bits per heavy atom. The molecule has 0 aliphatic carbocycles. The fraction of sp³-hybridized carbons (Fsp3) is 0.643. The molecule has 0 saturated heterocycles. The summed E-state index contributed by atoms with van der Waals surface area (Å²) in [5.41, 5.74) is 0. The molecule has 7 heteroatoms. The smallest absolute Gasteiger partial charge is 0.331 e. The quantitative estimate of drug-likeness (QED) is 0.368. The van der Waals surface area contributed by atoms with E-state index in [4.69, 9.17) is 9.16 Å². The van der Waals surface area contributed by atoms with Gasteiger partial charge in [-0.05, 0) is 25.1 Å². The minimum absolute atomic E-state index is 0.225. The van der Waals surface area contributed by atoms with Gasteiger partial charge in [-0.1, -0.05) is 20.8 Å². The third-order valence-corrected chi connectivity index (χ3v) is 7.76. The molecule has 0 spiro atoms. The number of hydrogen-bond donors (Lipinski definition) is 0. The van der Waals surface area contributed by atoms with Gasteiger partial charge < -0.3 is 13.9 Å². The second-order valence-electron chi connectivity index (χ2n) is 4.41. The van der Waals surface area contributed by atoms with Crippen molar-refractivity contribution in [2.45, 2.75) is 45.8 Å². The van der Waals surface area contributed by atoms with Crippen LogP contribution in [-0.4, -0.2) is 39.4 Å². The van der Waals surface area contributed by atoms with Crippen LogP contribution in [0.1, 0.15) is 27.7 Å². The number of esters is 2. The van der Waals surface area contributed by atoms with E-state index in [1.165, 1.54) is 0 Å². The molecule has 0 saturated carbocycles. The molecule has 0 fully saturated rings. The Morgan fingerprint density at radius 2 is 1.33 bits per heavy atom. The minimum Gasteiger partial charge on any atom is -0.517 e. The van der Waals surface area contributed by atoms with Gasteiger partial charge >= 0.3 is 17.9 Å². The van der Waals surface area contributed by atoms with Crippen molar-refractivity contribution in [2.75, 3.05) is 13.2 Å². The lowest BCUT2D eigenvalue weighted by Crippen LogP contribution is -2.39. The van der Waals surface area contributed by atoms with E-state index in [2.05, 4.69) is 4.74 Å². The van der Waals surface area contributed by atoms with Crippen LogP contribution in [-0.2, 0) is 28.3 Å². The van der Waals surface area contributed by atoms with Gasteiger partial charge in [0.05, 0.1) is 6.61 Å². The summed E-state index contributed by atoms with van der Waals surface area (Å²) in [5.74, 6) is -1.95. The molecule has 0 aliphatic heterocycles. The number of hydrogen-bond acceptors (Lipinski definition) is 6. The first-order chi connectivity index (χ1) is 9.92. The van der Waals surface area contributed by atoms with Crippen molar-refractivity contribution in [1.29, 1.82) is 0 Å². The molecule has 0 amide bonds. The molecule has 0 aromatic heterocycles. The fourth-order valence-electron chi connectivity index (χ4n) is 1.74. The summed E-state index contributed by atoms with van der Waals surface area (Å²) >= 11 is 0. The SMILES string of the molecule is CCOC(=O)/C=C/C(=O)OCC(=O)O[Si](CC)(CC)CC. The van der Waals surface area contributed by atoms with Gasteiger partial charge in [0.1, 0.15) is 0 Å². The summed E-state index contributed by atoms with van der Waals surface area (Å²) in [6, 6.07) is 2.51. The minimum atomic E-state index is -2.03. The maximum Gasteiger partial charge on any atom is 0.331 e. The van der Waals surface area contributed by atoms with Crippen molar-refractivity contribution >= 4 is 26.2 Å². The summed E-state index contributed by atoms with van der Waals surface area (Å²) in [6.45, 7) is 7.44. The molecule has 21 heavy (non-hydrogen) atoms. The van der Waals surface area contributed by atoms with E-state index in [-0.39, 0.29) is 6.61 Å². The Morgan fingerprint density at radius 1 is 0.857 bits per heavy atom. The first kappa shape index (κ1) is 19.4. The molecular weight excluding hydrogens is 292 g/mol. The average molecular weight is 316 g/mol. The summed E-state index contributed by atoms with van der Waals surface area (Å²) in [5, 5.41) is 0. The standard InChI is InChI=1S/C14H24O6Si/c1-5-18-12(15)9-10-13(16)19-11-14(17)20-21(6-2,7-3)8-4/h9-10H,5-8,11H2,1-4H3/b10-9+. The third kappa shape index (κ3) is 7.65. The van der Waals surface area contributed by atoms with Crippen LogP contribution < -0.4 is 0 Å². The Bertz CT molecular complexity index is 379. The molecule has 120 valence electrons. The van der Waals surface area contributed by atoms with E-state index in [0.717, 1.165) is 30.3 Å². The lowest BCUT2D eigenvalue weighted by Gasteiger charge is -2.27. The van der Waals surface area contributed by atoms with Crippen molar-refractivity contribution in [2.24, 2.45) is 0 Å². The van der Waals surface area contributed by atoms with Crippen LogP contribution in [0.3, 0.4) is 0 Å². The van der Waals surface area contributed by atoms with Crippen LogP contribution in [0.2, 0.25) is 18.1 Å². The van der Waals surface area contributed by atoms with Gasteiger partial charge in [-0.25, -0.2) is 14.4 Å². The summed E-state index contributed by atoms with van der Waals surface area (Å²) in [6.07, 6.45) is 1.88. The molecule has 0 N–H and O–H groups in total. The van der Waals surface area contributed by atoms with Gasteiger partial charge in [0.25, 0.3) is 8.32 Å². The largest absolute Gasteiger partial charge is 0.517 e. The summed E-state index contributed by atoms with van der Waals surface area (Å²) in [4.78, 5) is 34.0. The van der Waals surface area contributed by atoms with E-state index in [1.807, 2.05) is 20.8 Å². The predicted octanol–water partition coefficient (Wildman–Crippen LogP) is 2.20. The highest BCUT2D eigenvalue weighted by molar-refractivity contribution is 6.74. The predicted molar refractivity (Wildman–Crippen MR) is 80.0 cm³/mol. The highest BCUT2D eigenvalue weighted by Gasteiger charge is 2.32. The van der Waals surface area contributed by atoms with Crippen LogP contribution in [0.15, 0.2) is 12.2 Å². The second kappa shape index (κ2) is 10.1. The van der Waals surface area contributed by atoms with Gasteiger partial charge in [-0.15, -0.1) is 0 Å². The maximum absolute atomic E-state index is 11.7. The molecule has 0 unspecified atom stereocenters. The molecule has 0 rings (SSSR count). The van der Waals surface area contributed by atoms with E-state index in [9.17, 15) is 14.4 Å². The molecule has 0 atom stereocenters. The molecule has 0 aromatic rings. The number of carbonyl (C=O) groups excluding carboxylic acids is 3. The lowest BCUT2D eigenvalue weighted by atomic mass is 10.5. The average Bonchev–Trinajstić information content (AvgIpc) is 2.49. The highest BCUT2D eigenvalue weighted by Crippen LogP contribution is 2.21. The van der Waals surface area contributed by atoms with Crippen LogP contribution in [0.5, 0.6) is 0 Å². The molecule has 0 aliphatic rings. The second-order valence-corrected chi connectivity index (χ2v) is 9.10. The van der Waals surface area contributed by atoms with Gasteiger partial charge in [0, 0.05) is 12.2 Å². The highest BCUT2D eigenvalue weighted by atomic mass is 28.4. The third-order valence-electron chi connectivity index (χ3n) is 3.24. The summed E-state index contributed by atoms with van der Waals surface area (Å²) < 4.78 is 14.8. The fourth-order valence-corrected chi connectivity index (χ4v) is 4.22. The monoisotopic (exact) mass is 316 g/mol. The molecule has 6 nitrogen and oxygen atoms in total. The van der Waals surface area contributed by atoms with Crippen molar-refractivity contribution in [3.05, 3.63) is 12.2 Å². The maximum atomic E-state index is 11.7. The zero-order valence-electron chi connectivity index (χ0n) is 13.1. The van der Waals surface area contributed by atoms with Crippen LogP contribution in [0.4, 0.5) is 0 Å². The topological polar surface area (TPSA) is 78.9 Å². The number of rotatable bonds is 9. The van der Waals surface area contributed by atoms with Gasteiger partial charge in [0.2, 0.25) is 0 Å². The van der Waals surface area contributed by atoms with E-state index in [0.29, 0.717) is 0 Å². The zero-order chi connectivity index (χ0) is 16.3. The van der Waals surface area contributed by atoms with Gasteiger partial charge in [-0.3, -0.25) is 0 Å². The normalized spacial score (nSPS) is 11.2. The van der Waals surface area contributed by atoms with Crippen molar-refractivity contribution in [3.8, 4) is 0 Å². The first-order valence-electron chi connectivity index (χ1n) is 7.16. The summed E-state index contributed by atoms with van der Waals surface area (Å²) in [7, 11) is -2.03. The van der Waals surface area contributed by atoms with Gasteiger partial charge in [0.15, 0.2) is 6.61 Å². The van der Waals surface area contributed by atoms with Crippen LogP contribution in [0, 0.1) is 0 Å². The molecule has 0 radical (unpaired) electrons. The van der Waals surface area contributed by atoms with E-state index in [1.54, 1.807) is 6.92 Å². The van der Waals surface area contributed by atoms with Crippen molar-refractivity contribution in [1.82, 2.24) is 0 Å². The Kier molecular flexibility index (Phi) is 9.36. The van der Waals surface area contributed by atoms with E-state index >= 15 is 0 Å². The molecule has 0 bridgehead atoms. The Hall–Kier alpha value is -1.63. The van der Waals surface area contributed by atoms with Crippen LogP contribution >= 0.6 is 0 Å². The van der Waals surface area contributed by atoms with Crippen molar-refractivity contribution in [3.63, 3.8) is 0 Å².